The first-order chi connectivity index (χ1) is 7.27. The van der Waals surface area contributed by atoms with Gasteiger partial charge in [0.2, 0.25) is 0 Å². The van der Waals surface area contributed by atoms with Crippen molar-refractivity contribution in [3.05, 3.63) is 42.6 Å². The fraction of sp³-hybridized carbons (Fsp3) is 0. The monoisotopic (exact) mass is 200 g/mol. The molecular weight excluding hydrogens is 192 g/mol. The molecule has 2 aromatic rings. The lowest BCUT2D eigenvalue weighted by Gasteiger charge is -2.00. The highest BCUT2D eigenvalue weighted by Crippen LogP contribution is 2.14. The minimum Gasteiger partial charge on any atom is -0.364 e. The summed E-state index contributed by atoms with van der Waals surface area (Å²) < 4.78 is 0. The normalized spacial score (nSPS) is 9.87. The van der Waals surface area contributed by atoms with Crippen LogP contribution in [0.5, 0.6) is 0 Å². The maximum Gasteiger partial charge on any atom is 0.267 e. The molecule has 0 atom stereocenters. The fourth-order valence-electron chi connectivity index (χ4n) is 1.17. The maximum atomic E-state index is 10.9. The molecule has 2 rings (SSSR count). The Morgan fingerprint density at radius 2 is 1.93 bits per heavy atom. The molecule has 5 heteroatoms. The van der Waals surface area contributed by atoms with Gasteiger partial charge in [0.1, 0.15) is 12.0 Å². The average Bonchev–Trinajstić information content (AvgIpc) is 2.30. The van der Waals surface area contributed by atoms with Gasteiger partial charge in [-0.3, -0.25) is 9.78 Å². The van der Waals surface area contributed by atoms with Crippen molar-refractivity contribution in [1.29, 1.82) is 0 Å². The number of hydrogen-bond acceptors (Lipinski definition) is 4. The van der Waals surface area contributed by atoms with E-state index in [-0.39, 0.29) is 5.69 Å². The smallest absolute Gasteiger partial charge is 0.267 e. The quantitative estimate of drug-likeness (QED) is 0.771. The highest BCUT2D eigenvalue weighted by molar-refractivity contribution is 5.91. The van der Waals surface area contributed by atoms with Gasteiger partial charge in [0.05, 0.1) is 5.69 Å². The lowest BCUT2D eigenvalue weighted by Crippen LogP contribution is -2.13. The van der Waals surface area contributed by atoms with Crippen molar-refractivity contribution in [2.45, 2.75) is 0 Å². The standard InChI is InChI=1S/C10H8N4O/c11-10(15)9-5-8(13-6-14-9)7-1-3-12-4-2-7/h1-6H,(H2,11,15). The Morgan fingerprint density at radius 3 is 2.60 bits per heavy atom. The van der Waals surface area contributed by atoms with E-state index in [2.05, 4.69) is 15.0 Å². The number of rotatable bonds is 2. The third kappa shape index (κ3) is 1.96. The fourth-order valence-corrected chi connectivity index (χ4v) is 1.17. The number of nitrogens with zero attached hydrogens (tertiary/aromatic N) is 3. The molecule has 0 saturated carbocycles. The Kier molecular flexibility index (Phi) is 2.37. The summed E-state index contributed by atoms with van der Waals surface area (Å²) in [5.74, 6) is -0.562. The van der Waals surface area contributed by atoms with Crippen LogP contribution >= 0.6 is 0 Å². The highest BCUT2D eigenvalue weighted by Gasteiger charge is 2.05. The lowest BCUT2D eigenvalue weighted by atomic mass is 10.2. The van der Waals surface area contributed by atoms with Gasteiger partial charge in [-0.2, -0.15) is 0 Å². The zero-order chi connectivity index (χ0) is 10.7. The topological polar surface area (TPSA) is 81.8 Å². The molecule has 0 spiro atoms. The van der Waals surface area contributed by atoms with Crippen molar-refractivity contribution < 1.29 is 4.79 Å². The summed E-state index contributed by atoms with van der Waals surface area (Å²) in [6.45, 7) is 0. The number of pyridine rings is 1. The Hall–Kier alpha value is -2.30. The van der Waals surface area contributed by atoms with Crippen molar-refractivity contribution in [3.8, 4) is 11.3 Å². The van der Waals surface area contributed by atoms with E-state index in [1.165, 1.54) is 6.33 Å². The van der Waals surface area contributed by atoms with E-state index in [9.17, 15) is 4.79 Å². The van der Waals surface area contributed by atoms with Crippen LogP contribution in [0.3, 0.4) is 0 Å². The minimum atomic E-state index is -0.562. The first-order valence-corrected chi connectivity index (χ1v) is 4.29. The van der Waals surface area contributed by atoms with Crippen molar-refractivity contribution in [2.24, 2.45) is 5.73 Å². The molecular formula is C10H8N4O. The molecule has 2 N–H and O–H groups in total. The SMILES string of the molecule is NC(=O)c1cc(-c2ccncc2)ncn1. The third-order valence-corrected chi connectivity index (χ3v) is 1.90. The predicted molar refractivity (Wildman–Crippen MR) is 53.8 cm³/mol. The Labute approximate surface area is 86.0 Å². The summed E-state index contributed by atoms with van der Waals surface area (Å²) in [5.41, 5.74) is 6.85. The van der Waals surface area contributed by atoms with Crippen LogP contribution in [0.4, 0.5) is 0 Å². The van der Waals surface area contributed by atoms with Gasteiger partial charge >= 0.3 is 0 Å². The van der Waals surface area contributed by atoms with E-state index < -0.39 is 5.91 Å². The molecule has 1 amide bonds. The van der Waals surface area contributed by atoms with E-state index >= 15 is 0 Å². The van der Waals surface area contributed by atoms with Crippen LogP contribution in [0, 0.1) is 0 Å². The van der Waals surface area contributed by atoms with Crippen molar-refractivity contribution >= 4 is 5.91 Å². The molecule has 74 valence electrons. The highest BCUT2D eigenvalue weighted by atomic mass is 16.1. The van der Waals surface area contributed by atoms with Crippen molar-refractivity contribution in [3.63, 3.8) is 0 Å². The number of hydrogen-bond donors (Lipinski definition) is 1. The van der Waals surface area contributed by atoms with Gasteiger partial charge < -0.3 is 5.73 Å². The second-order valence-electron chi connectivity index (χ2n) is 2.89. The van der Waals surface area contributed by atoms with E-state index in [0.717, 1.165) is 5.56 Å². The van der Waals surface area contributed by atoms with Gasteiger partial charge in [0.25, 0.3) is 5.91 Å². The molecule has 5 nitrogen and oxygen atoms in total. The number of primary amides is 1. The number of carbonyl (C=O) groups is 1. The maximum absolute atomic E-state index is 10.9. The average molecular weight is 200 g/mol. The first-order valence-electron chi connectivity index (χ1n) is 4.29. The van der Waals surface area contributed by atoms with E-state index in [1.54, 1.807) is 30.6 Å². The molecule has 0 aliphatic rings. The predicted octanol–water partition coefficient (Wildman–Crippen LogP) is 0.637. The molecule has 2 heterocycles. The van der Waals surface area contributed by atoms with Crippen LogP contribution in [0.2, 0.25) is 0 Å². The van der Waals surface area contributed by atoms with Crippen LogP contribution in [0.15, 0.2) is 36.9 Å². The minimum absolute atomic E-state index is 0.205. The van der Waals surface area contributed by atoms with Gasteiger partial charge in [0.15, 0.2) is 0 Å². The third-order valence-electron chi connectivity index (χ3n) is 1.90. The Morgan fingerprint density at radius 1 is 1.20 bits per heavy atom. The first kappa shape index (κ1) is 9.26. The zero-order valence-corrected chi connectivity index (χ0v) is 7.79. The van der Waals surface area contributed by atoms with Crippen LogP contribution in [0.25, 0.3) is 11.3 Å². The lowest BCUT2D eigenvalue weighted by molar-refractivity contribution is 0.0995. The molecule has 0 saturated heterocycles. The second kappa shape index (κ2) is 3.83. The van der Waals surface area contributed by atoms with E-state index in [1.807, 2.05) is 0 Å². The summed E-state index contributed by atoms with van der Waals surface area (Å²) in [4.78, 5) is 22.6. The molecule has 0 aliphatic heterocycles. The number of aromatic nitrogens is 3. The van der Waals surface area contributed by atoms with Crippen molar-refractivity contribution in [2.75, 3.05) is 0 Å². The van der Waals surface area contributed by atoms with Gasteiger partial charge in [-0.15, -0.1) is 0 Å². The molecule has 0 aliphatic carbocycles. The summed E-state index contributed by atoms with van der Waals surface area (Å²) in [5, 5.41) is 0. The summed E-state index contributed by atoms with van der Waals surface area (Å²) in [7, 11) is 0. The van der Waals surface area contributed by atoms with Crippen LogP contribution in [0.1, 0.15) is 10.5 Å². The molecule has 0 fully saturated rings. The molecule has 0 aromatic carbocycles. The van der Waals surface area contributed by atoms with Gasteiger partial charge in [0, 0.05) is 18.0 Å². The molecule has 0 unspecified atom stereocenters. The van der Waals surface area contributed by atoms with Crippen LogP contribution in [-0.4, -0.2) is 20.9 Å². The van der Waals surface area contributed by atoms with Crippen LogP contribution < -0.4 is 5.73 Å². The largest absolute Gasteiger partial charge is 0.364 e. The number of nitrogens with two attached hydrogens (primary N) is 1. The van der Waals surface area contributed by atoms with Gasteiger partial charge in [-0.1, -0.05) is 0 Å². The molecule has 15 heavy (non-hydrogen) atoms. The summed E-state index contributed by atoms with van der Waals surface area (Å²) >= 11 is 0. The van der Waals surface area contributed by atoms with Gasteiger partial charge in [-0.05, 0) is 18.2 Å². The zero-order valence-electron chi connectivity index (χ0n) is 7.79. The second-order valence-corrected chi connectivity index (χ2v) is 2.89. The Bertz CT molecular complexity index is 484. The van der Waals surface area contributed by atoms with E-state index in [0.29, 0.717) is 5.69 Å². The van der Waals surface area contributed by atoms with Gasteiger partial charge in [-0.25, -0.2) is 9.97 Å². The molecule has 0 bridgehead atoms. The summed E-state index contributed by atoms with van der Waals surface area (Å²) in [6, 6.07) is 5.15. The summed E-state index contributed by atoms with van der Waals surface area (Å²) in [6.07, 6.45) is 4.62. The van der Waals surface area contributed by atoms with Crippen molar-refractivity contribution in [1.82, 2.24) is 15.0 Å². The molecule has 2 aromatic heterocycles. The Balaban J connectivity index is 2.46. The number of amides is 1. The molecule has 0 radical (unpaired) electrons. The van der Waals surface area contributed by atoms with Crippen LogP contribution in [-0.2, 0) is 0 Å². The number of carbonyl (C=O) groups excluding carboxylic acids is 1. The van der Waals surface area contributed by atoms with E-state index in [4.69, 9.17) is 5.73 Å².